The molecule has 1 aromatic carbocycles. The smallest absolute Gasteiger partial charge is 0.211 e. The van der Waals surface area contributed by atoms with Crippen LogP contribution in [0.1, 0.15) is 25.3 Å². The van der Waals surface area contributed by atoms with Gasteiger partial charge in [-0.25, -0.2) is 13.1 Å². The predicted molar refractivity (Wildman–Crippen MR) is 64.5 cm³/mol. The molecular formula is C12H15NO2S. The van der Waals surface area contributed by atoms with Crippen LogP contribution in [0.2, 0.25) is 0 Å². The molecule has 4 heteroatoms. The van der Waals surface area contributed by atoms with Gasteiger partial charge < -0.3 is 0 Å². The molecule has 0 aliphatic heterocycles. The van der Waals surface area contributed by atoms with E-state index in [4.69, 9.17) is 6.42 Å². The summed E-state index contributed by atoms with van der Waals surface area (Å²) in [5, 5.41) is 0. The van der Waals surface area contributed by atoms with Gasteiger partial charge >= 0.3 is 0 Å². The number of sulfonamides is 1. The van der Waals surface area contributed by atoms with Crippen LogP contribution in [-0.4, -0.2) is 15.0 Å². The van der Waals surface area contributed by atoms with E-state index in [-0.39, 0.29) is 4.90 Å². The van der Waals surface area contributed by atoms with Crippen LogP contribution in [0.15, 0.2) is 29.2 Å². The summed E-state index contributed by atoms with van der Waals surface area (Å²) in [6, 6.07) is 6.27. The monoisotopic (exact) mass is 237 g/mol. The molecule has 0 saturated carbocycles. The minimum atomic E-state index is -3.38. The van der Waals surface area contributed by atoms with E-state index in [9.17, 15) is 8.42 Å². The van der Waals surface area contributed by atoms with E-state index in [1.807, 2.05) is 6.92 Å². The number of benzene rings is 1. The maximum atomic E-state index is 11.7. The summed E-state index contributed by atoms with van der Waals surface area (Å²) in [6.07, 6.45) is 6.98. The summed E-state index contributed by atoms with van der Waals surface area (Å²) in [5.74, 6) is 2.44. The van der Waals surface area contributed by atoms with Gasteiger partial charge in [0, 0.05) is 12.1 Å². The summed E-state index contributed by atoms with van der Waals surface area (Å²) >= 11 is 0. The zero-order valence-corrected chi connectivity index (χ0v) is 10.0. The first-order valence-electron chi connectivity index (χ1n) is 5.16. The normalized spacial score (nSPS) is 11.0. The van der Waals surface area contributed by atoms with E-state index in [2.05, 4.69) is 10.6 Å². The molecular weight excluding hydrogens is 222 g/mol. The second-order valence-corrected chi connectivity index (χ2v) is 5.19. The lowest BCUT2D eigenvalue weighted by Crippen LogP contribution is -2.24. The van der Waals surface area contributed by atoms with E-state index < -0.39 is 10.0 Å². The summed E-state index contributed by atoms with van der Waals surface area (Å²) in [7, 11) is -3.38. The molecule has 16 heavy (non-hydrogen) atoms. The van der Waals surface area contributed by atoms with Gasteiger partial charge in [0.05, 0.1) is 4.90 Å². The Bertz CT molecular complexity index is 469. The first-order chi connectivity index (χ1) is 7.60. The Morgan fingerprint density at radius 1 is 1.31 bits per heavy atom. The van der Waals surface area contributed by atoms with E-state index in [1.54, 1.807) is 12.1 Å². The zero-order chi connectivity index (χ0) is 12.0. The molecule has 0 aliphatic carbocycles. The number of unbranched alkanes of at least 4 members (excludes halogenated alkanes) is 1. The summed E-state index contributed by atoms with van der Waals surface area (Å²) in [5.41, 5.74) is 0.674. The molecule has 0 fully saturated rings. The largest absolute Gasteiger partial charge is 0.240 e. The summed E-state index contributed by atoms with van der Waals surface area (Å²) in [6.45, 7) is 2.48. The van der Waals surface area contributed by atoms with Crippen LogP contribution < -0.4 is 4.72 Å². The van der Waals surface area contributed by atoms with Crippen LogP contribution in [0, 0.1) is 12.3 Å². The van der Waals surface area contributed by atoms with Crippen molar-refractivity contribution < 1.29 is 8.42 Å². The maximum absolute atomic E-state index is 11.7. The molecule has 1 N–H and O–H groups in total. The second kappa shape index (κ2) is 5.69. The first kappa shape index (κ1) is 12.8. The standard InChI is InChI=1S/C12H15NO2S/c1-3-5-10-13-16(14,15)12-8-6-11(4-2)7-9-12/h2,6-9,13H,3,5,10H2,1H3. The molecule has 0 radical (unpaired) electrons. The topological polar surface area (TPSA) is 46.2 Å². The SMILES string of the molecule is C#Cc1ccc(S(=O)(=O)NCCCC)cc1. The van der Waals surface area contributed by atoms with Crippen LogP contribution in [0.25, 0.3) is 0 Å². The molecule has 86 valence electrons. The quantitative estimate of drug-likeness (QED) is 0.626. The number of hydrogen-bond donors (Lipinski definition) is 1. The van der Waals surface area contributed by atoms with Crippen molar-refractivity contribution in [2.24, 2.45) is 0 Å². The van der Waals surface area contributed by atoms with Gasteiger partial charge in [0.25, 0.3) is 0 Å². The number of rotatable bonds is 5. The average molecular weight is 237 g/mol. The molecule has 0 spiro atoms. The number of hydrogen-bond acceptors (Lipinski definition) is 2. The highest BCUT2D eigenvalue weighted by molar-refractivity contribution is 7.89. The Labute approximate surface area is 96.9 Å². The van der Waals surface area contributed by atoms with Gasteiger partial charge in [-0.2, -0.15) is 0 Å². The van der Waals surface area contributed by atoms with E-state index in [0.29, 0.717) is 12.1 Å². The first-order valence-corrected chi connectivity index (χ1v) is 6.65. The van der Waals surface area contributed by atoms with Crippen LogP contribution >= 0.6 is 0 Å². The van der Waals surface area contributed by atoms with Crippen LogP contribution in [0.4, 0.5) is 0 Å². The highest BCUT2D eigenvalue weighted by atomic mass is 32.2. The third-order valence-corrected chi connectivity index (χ3v) is 3.63. The van der Waals surface area contributed by atoms with Gasteiger partial charge in [0.15, 0.2) is 0 Å². The van der Waals surface area contributed by atoms with Crippen molar-refractivity contribution in [3.8, 4) is 12.3 Å². The average Bonchev–Trinajstić information content (AvgIpc) is 2.29. The van der Waals surface area contributed by atoms with Crippen molar-refractivity contribution in [3.05, 3.63) is 29.8 Å². The second-order valence-electron chi connectivity index (χ2n) is 3.42. The van der Waals surface area contributed by atoms with Gasteiger partial charge in [-0.05, 0) is 30.7 Å². The zero-order valence-electron chi connectivity index (χ0n) is 9.23. The van der Waals surface area contributed by atoms with E-state index >= 15 is 0 Å². The van der Waals surface area contributed by atoms with E-state index in [0.717, 1.165) is 12.8 Å². The van der Waals surface area contributed by atoms with Crippen molar-refractivity contribution in [1.29, 1.82) is 0 Å². The molecule has 0 atom stereocenters. The third kappa shape index (κ3) is 3.37. The third-order valence-electron chi connectivity index (χ3n) is 2.15. The fourth-order valence-electron chi connectivity index (χ4n) is 1.20. The van der Waals surface area contributed by atoms with Crippen LogP contribution in [0.3, 0.4) is 0 Å². The number of nitrogens with one attached hydrogen (secondary N) is 1. The Hall–Kier alpha value is -1.31. The highest BCUT2D eigenvalue weighted by Gasteiger charge is 2.12. The fourth-order valence-corrected chi connectivity index (χ4v) is 2.27. The van der Waals surface area contributed by atoms with Crippen molar-refractivity contribution in [3.63, 3.8) is 0 Å². The van der Waals surface area contributed by atoms with Crippen molar-refractivity contribution in [2.45, 2.75) is 24.7 Å². The van der Waals surface area contributed by atoms with Crippen molar-refractivity contribution in [2.75, 3.05) is 6.54 Å². The van der Waals surface area contributed by atoms with Crippen molar-refractivity contribution >= 4 is 10.0 Å². The van der Waals surface area contributed by atoms with Crippen molar-refractivity contribution in [1.82, 2.24) is 4.72 Å². The molecule has 3 nitrogen and oxygen atoms in total. The minimum Gasteiger partial charge on any atom is -0.211 e. The van der Waals surface area contributed by atoms with Gasteiger partial charge in [0.1, 0.15) is 0 Å². The van der Waals surface area contributed by atoms with Gasteiger partial charge in [-0.3, -0.25) is 0 Å². The lowest BCUT2D eigenvalue weighted by molar-refractivity contribution is 0.578. The van der Waals surface area contributed by atoms with Gasteiger partial charge in [-0.15, -0.1) is 6.42 Å². The summed E-state index contributed by atoms with van der Waals surface area (Å²) in [4.78, 5) is 0.252. The molecule has 1 rings (SSSR count). The Morgan fingerprint density at radius 3 is 2.44 bits per heavy atom. The predicted octanol–water partition coefficient (Wildman–Crippen LogP) is 1.75. The molecule has 1 aromatic rings. The maximum Gasteiger partial charge on any atom is 0.240 e. The molecule has 0 unspecified atom stereocenters. The Morgan fingerprint density at radius 2 is 1.94 bits per heavy atom. The molecule has 0 aromatic heterocycles. The van der Waals surface area contributed by atoms with Gasteiger partial charge in [0.2, 0.25) is 10.0 Å². The molecule has 0 amide bonds. The molecule has 0 heterocycles. The number of terminal acetylenes is 1. The van der Waals surface area contributed by atoms with Crippen LogP contribution in [-0.2, 0) is 10.0 Å². The summed E-state index contributed by atoms with van der Waals surface area (Å²) < 4.78 is 26.0. The minimum absolute atomic E-state index is 0.252. The lowest BCUT2D eigenvalue weighted by Gasteiger charge is -2.05. The lowest BCUT2D eigenvalue weighted by atomic mass is 10.2. The highest BCUT2D eigenvalue weighted by Crippen LogP contribution is 2.09. The molecule has 0 aliphatic rings. The van der Waals surface area contributed by atoms with E-state index in [1.165, 1.54) is 12.1 Å². The molecule has 0 saturated heterocycles. The van der Waals surface area contributed by atoms with Crippen LogP contribution in [0.5, 0.6) is 0 Å². The molecule has 0 bridgehead atoms. The Balaban J connectivity index is 2.79. The Kier molecular flexibility index (Phi) is 4.53. The fraction of sp³-hybridized carbons (Fsp3) is 0.333. The van der Waals surface area contributed by atoms with Gasteiger partial charge in [-0.1, -0.05) is 19.3 Å².